The number of benzene rings is 2. The lowest BCUT2D eigenvalue weighted by Gasteiger charge is -2.15. The standard InChI is InChI=1S/C20H20ClN5O2S/c1-13(14-5-3-7-16(21)9-14)23-19(28)15-6-4-8-17(10-15)24-18(27)11-29-20-25-22-12-26(20)2/h3-10,12-13H,11H2,1-2H3,(H,23,28)(H,24,27). The van der Waals surface area contributed by atoms with Gasteiger partial charge in [-0.2, -0.15) is 0 Å². The third-order valence-electron chi connectivity index (χ3n) is 4.11. The van der Waals surface area contributed by atoms with E-state index in [0.29, 0.717) is 21.4 Å². The molecule has 0 saturated heterocycles. The molecule has 29 heavy (non-hydrogen) atoms. The van der Waals surface area contributed by atoms with Crippen LogP contribution in [0.2, 0.25) is 5.02 Å². The molecule has 1 heterocycles. The predicted octanol–water partition coefficient (Wildman–Crippen LogP) is 3.69. The van der Waals surface area contributed by atoms with Gasteiger partial charge in [0.1, 0.15) is 6.33 Å². The molecule has 150 valence electrons. The average Bonchev–Trinajstić information content (AvgIpc) is 3.11. The first-order chi connectivity index (χ1) is 13.9. The molecule has 0 saturated carbocycles. The van der Waals surface area contributed by atoms with Crippen molar-refractivity contribution in [1.82, 2.24) is 20.1 Å². The van der Waals surface area contributed by atoms with Crippen LogP contribution in [-0.4, -0.2) is 32.3 Å². The highest BCUT2D eigenvalue weighted by atomic mass is 35.5. The summed E-state index contributed by atoms with van der Waals surface area (Å²) in [6.45, 7) is 1.89. The molecule has 0 spiro atoms. The Bertz CT molecular complexity index is 1020. The minimum absolute atomic E-state index is 0.189. The van der Waals surface area contributed by atoms with E-state index >= 15 is 0 Å². The van der Waals surface area contributed by atoms with E-state index in [2.05, 4.69) is 20.8 Å². The Labute approximate surface area is 177 Å². The van der Waals surface area contributed by atoms with E-state index in [9.17, 15) is 9.59 Å². The van der Waals surface area contributed by atoms with Crippen molar-refractivity contribution in [1.29, 1.82) is 0 Å². The van der Waals surface area contributed by atoms with E-state index in [4.69, 9.17) is 11.6 Å². The smallest absolute Gasteiger partial charge is 0.251 e. The van der Waals surface area contributed by atoms with E-state index in [1.807, 2.05) is 32.2 Å². The van der Waals surface area contributed by atoms with Crippen LogP contribution in [-0.2, 0) is 11.8 Å². The SMILES string of the molecule is CC(NC(=O)c1cccc(NC(=O)CSc2nncn2C)c1)c1cccc(Cl)c1. The third-order valence-corrected chi connectivity index (χ3v) is 5.38. The van der Waals surface area contributed by atoms with Crippen molar-refractivity contribution in [3.8, 4) is 0 Å². The zero-order chi connectivity index (χ0) is 20.8. The number of carbonyl (C=O) groups is 2. The van der Waals surface area contributed by atoms with Gasteiger partial charge in [-0.05, 0) is 42.8 Å². The van der Waals surface area contributed by atoms with Crippen molar-refractivity contribution in [3.63, 3.8) is 0 Å². The number of aryl methyl sites for hydroxylation is 1. The molecule has 7 nitrogen and oxygen atoms in total. The van der Waals surface area contributed by atoms with Crippen molar-refractivity contribution in [3.05, 3.63) is 71.0 Å². The number of amides is 2. The van der Waals surface area contributed by atoms with Crippen LogP contribution in [0.5, 0.6) is 0 Å². The number of halogens is 1. The van der Waals surface area contributed by atoms with Gasteiger partial charge in [-0.3, -0.25) is 9.59 Å². The molecule has 3 aromatic rings. The monoisotopic (exact) mass is 429 g/mol. The highest BCUT2D eigenvalue weighted by Crippen LogP contribution is 2.19. The van der Waals surface area contributed by atoms with Gasteiger partial charge in [0.05, 0.1) is 11.8 Å². The maximum absolute atomic E-state index is 12.6. The minimum Gasteiger partial charge on any atom is -0.346 e. The Morgan fingerprint density at radius 2 is 2.00 bits per heavy atom. The maximum Gasteiger partial charge on any atom is 0.251 e. The van der Waals surface area contributed by atoms with Gasteiger partial charge in [0.25, 0.3) is 5.91 Å². The van der Waals surface area contributed by atoms with Crippen molar-refractivity contribution < 1.29 is 9.59 Å². The average molecular weight is 430 g/mol. The fourth-order valence-corrected chi connectivity index (χ4v) is 3.49. The van der Waals surface area contributed by atoms with Crippen molar-refractivity contribution in [2.24, 2.45) is 7.05 Å². The summed E-state index contributed by atoms with van der Waals surface area (Å²) in [6.07, 6.45) is 1.58. The van der Waals surface area contributed by atoms with E-state index in [1.54, 1.807) is 41.2 Å². The molecular formula is C20H20ClN5O2S. The number of thioether (sulfide) groups is 1. The Morgan fingerprint density at radius 3 is 2.72 bits per heavy atom. The molecule has 0 aliphatic rings. The second kappa shape index (κ2) is 9.58. The van der Waals surface area contributed by atoms with Crippen LogP contribution >= 0.6 is 23.4 Å². The molecule has 1 unspecified atom stereocenters. The second-order valence-electron chi connectivity index (χ2n) is 6.39. The molecule has 2 amide bonds. The predicted molar refractivity (Wildman–Crippen MR) is 114 cm³/mol. The summed E-state index contributed by atoms with van der Waals surface area (Å²) in [7, 11) is 1.81. The lowest BCUT2D eigenvalue weighted by atomic mass is 10.1. The number of hydrogen-bond donors (Lipinski definition) is 2. The van der Waals surface area contributed by atoms with Gasteiger partial charge in [-0.15, -0.1) is 10.2 Å². The highest BCUT2D eigenvalue weighted by Gasteiger charge is 2.13. The van der Waals surface area contributed by atoms with Gasteiger partial charge in [0, 0.05) is 23.3 Å². The molecular weight excluding hydrogens is 410 g/mol. The summed E-state index contributed by atoms with van der Waals surface area (Å²) in [6, 6.07) is 14.0. The van der Waals surface area contributed by atoms with Crippen molar-refractivity contribution in [2.45, 2.75) is 18.1 Å². The van der Waals surface area contributed by atoms with Gasteiger partial charge in [0.2, 0.25) is 5.91 Å². The number of hydrogen-bond acceptors (Lipinski definition) is 5. The van der Waals surface area contributed by atoms with E-state index in [1.165, 1.54) is 11.8 Å². The van der Waals surface area contributed by atoms with Crippen LogP contribution in [0.25, 0.3) is 0 Å². The number of anilines is 1. The van der Waals surface area contributed by atoms with E-state index in [0.717, 1.165) is 5.56 Å². The molecule has 3 rings (SSSR count). The quantitative estimate of drug-likeness (QED) is 0.559. The Hall–Kier alpha value is -2.84. The zero-order valence-electron chi connectivity index (χ0n) is 15.9. The van der Waals surface area contributed by atoms with Gasteiger partial charge < -0.3 is 15.2 Å². The summed E-state index contributed by atoms with van der Waals surface area (Å²) in [5.41, 5.74) is 1.92. The van der Waals surface area contributed by atoms with Crippen LogP contribution in [0, 0.1) is 0 Å². The van der Waals surface area contributed by atoms with Crippen LogP contribution in [0.1, 0.15) is 28.9 Å². The topological polar surface area (TPSA) is 88.9 Å². The number of carbonyl (C=O) groups excluding carboxylic acids is 2. The summed E-state index contributed by atoms with van der Waals surface area (Å²) < 4.78 is 1.74. The first-order valence-corrected chi connectivity index (χ1v) is 10.2. The second-order valence-corrected chi connectivity index (χ2v) is 7.77. The minimum atomic E-state index is -0.234. The molecule has 1 atom stereocenters. The summed E-state index contributed by atoms with van der Waals surface area (Å²) >= 11 is 7.30. The largest absolute Gasteiger partial charge is 0.346 e. The molecule has 1 aromatic heterocycles. The molecule has 0 aliphatic heterocycles. The van der Waals surface area contributed by atoms with Gasteiger partial charge in [-0.1, -0.05) is 41.6 Å². The molecule has 9 heteroatoms. The molecule has 0 radical (unpaired) electrons. The number of aromatic nitrogens is 3. The lowest BCUT2D eigenvalue weighted by molar-refractivity contribution is -0.113. The van der Waals surface area contributed by atoms with Gasteiger partial charge >= 0.3 is 0 Å². The number of rotatable bonds is 7. The molecule has 2 N–H and O–H groups in total. The van der Waals surface area contributed by atoms with Crippen LogP contribution in [0.3, 0.4) is 0 Å². The zero-order valence-corrected chi connectivity index (χ0v) is 17.5. The summed E-state index contributed by atoms with van der Waals surface area (Å²) in [5.74, 6) is -0.237. The van der Waals surface area contributed by atoms with Gasteiger partial charge in [-0.25, -0.2) is 0 Å². The highest BCUT2D eigenvalue weighted by molar-refractivity contribution is 7.99. The van der Waals surface area contributed by atoms with Crippen molar-refractivity contribution >= 4 is 40.9 Å². The van der Waals surface area contributed by atoms with Crippen LogP contribution < -0.4 is 10.6 Å². The van der Waals surface area contributed by atoms with E-state index < -0.39 is 0 Å². The first-order valence-electron chi connectivity index (χ1n) is 8.85. The van der Waals surface area contributed by atoms with Crippen molar-refractivity contribution in [2.75, 3.05) is 11.1 Å². The Morgan fingerprint density at radius 1 is 1.21 bits per heavy atom. The summed E-state index contributed by atoms with van der Waals surface area (Å²) in [5, 5.41) is 14.7. The van der Waals surface area contributed by atoms with E-state index in [-0.39, 0.29) is 23.6 Å². The molecule has 2 aromatic carbocycles. The Kier molecular flexibility index (Phi) is 6.90. The number of nitrogens with one attached hydrogen (secondary N) is 2. The molecule has 0 bridgehead atoms. The van der Waals surface area contributed by atoms with Gasteiger partial charge in [0.15, 0.2) is 5.16 Å². The molecule has 0 fully saturated rings. The first kappa shape index (κ1) is 20.9. The number of nitrogens with zero attached hydrogens (tertiary/aromatic N) is 3. The Balaban J connectivity index is 1.58. The fourth-order valence-electron chi connectivity index (χ4n) is 2.61. The normalized spacial score (nSPS) is 11.7. The van der Waals surface area contributed by atoms with Crippen LogP contribution in [0.4, 0.5) is 5.69 Å². The molecule has 0 aliphatic carbocycles. The van der Waals surface area contributed by atoms with Crippen LogP contribution in [0.15, 0.2) is 60.0 Å². The summed E-state index contributed by atoms with van der Waals surface area (Å²) in [4.78, 5) is 24.8. The fraction of sp³-hybridized carbons (Fsp3) is 0.200. The lowest BCUT2D eigenvalue weighted by Crippen LogP contribution is -2.26. The maximum atomic E-state index is 12.6. The third kappa shape index (κ3) is 5.82.